The summed E-state index contributed by atoms with van der Waals surface area (Å²) in [6, 6.07) is 12.4. The van der Waals surface area contributed by atoms with E-state index in [1.54, 1.807) is 0 Å². The summed E-state index contributed by atoms with van der Waals surface area (Å²) >= 11 is 1.81. The van der Waals surface area contributed by atoms with Crippen molar-refractivity contribution in [2.45, 2.75) is 32.9 Å². The molecule has 0 saturated carbocycles. The Bertz CT molecular complexity index is 598. The quantitative estimate of drug-likeness (QED) is 0.838. The summed E-state index contributed by atoms with van der Waals surface area (Å²) in [5.41, 5.74) is 2.65. The lowest BCUT2D eigenvalue weighted by Crippen LogP contribution is -2.18. The molecular formula is C17H20N2OS. The molecule has 0 fully saturated rings. The third kappa shape index (κ3) is 4.32. The molecule has 2 rings (SSSR count). The maximum absolute atomic E-state index is 8.49. The topological polar surface area (TPSA) is 45.0 Å². The van der Waals surface area contributed by atoms with Crippen molar-refractivity contribution in [3.63, 3.8) is 0 Å². The number of nitrogens with zero attached hydrogens (tertiary/aromatic N) is 1. The molecule has 1 aromatic heterocycles. The minimum absolute atomic E-state index is 0.0886. The van der Waals surface area contributed by atoms with Crippen LogP contribution in [-0.2, 0) is 13.0 Å². The van der Waals surface area contributed by atoms with E-state index in [1.165, 1.54) is 16.0 Å². The lowest BCUT2D eigenvalue weighted by molar-refractivity contribution is 0.368. The van der Waals surface area contributed by atoms with Gasteiger partial charge in [-0.15, -0.1) is 11.3 Å². The molecule has 0 aliphatic heterocycles. The zero-order chi connectivity index (χ0) is 15.1. The van der Waals surface area contributed by atoms with Gasteiger partial charge in [-0.2, -0.15) is 5.26 Å². The van der Waals surface area contributed by atoms with Gasteiger partial charge in [0, 0.05) is 17.5 Å². The SMILES string of the molecule is CCc1ccsc1CNC(C)c1ccc(OCC#N)cc1. The summed E-state index contributed by atoms with van der Waals surface area (Å²) in [7, 11) is 0. The smallest absolute Gasteiger partial charge is 0.174 e. The van der Waals surface area contributed by atoms with E-state index in [9.17, 15) is 0 Å². The molecule has 1 N–H and O–H groups in total. The number of nitrogens with one attached hydrogen (secondary N) is 1. The van der Waals surface area contributed by atoms with E-state index in [2.05, 4.69) is 30.6 Å². The van der Waals surface area contributed by atoms with Crippen molar-refractivity contribution in [3.05, 3.63) is 51.7 Å². The van der Waals surface area contributed by atoms with Gasteiger partial charge in [-0.25, -0.2) is 0 Å². The Morgan fingerprint density at radius 2 is 2.05 bits per heavy atom. The minimum Gasteiger partial charge on any atom is -0.479 e. The fourth-order valence-corrected chi connectivity index (χ4v) is 3.10. The summed E-state index contributed by atoms with van der Waals surface area (Å²) < 4.78 is 5.26. The monoisotopic (exact) mass is 300 g/mol. The highest BCUT2D eigenvalue weighted by Crippen LogP contribution is 2.21. The van der Waals surface area contributed by atoms with Crippen molar-refractivity contribution in [2.75, 3.05) is 6.61 Å². The number of benzene rings is 1. The van der Waals surface area contributed by atoms with Crippen LogP contribution < -0.4 is 10.1 Å². The molecule has 0 aliphatic carbocycles. The third-order valence-electron chi connectivity index (χ3n) is 3.47. The lowest BCUT2D eigenvalue weighted by Gasteiger charge is -2.15. The Morgan fingerprint density at radius 1 is 1.29 bits per heavy atom. The molecule has 1 unspecified atom stereocenters. The first-order valence-corrected chi connectivity index (χ1v) is 8.01. The largest absolute Gasteiger partial charge is 0.479 e. The highest BCUT2D eigenvalue weighted by Gasteiger charge is 2.07. The maximum Gasteiger partial charge on any atom is 0.174 e. The van der Waals surface area contributed by atoms with Crippen LogP contribution in [0.5, 0.6) is 5.75 Å². The second kappa shape index (κ2) is 7.82. The van der Waals surface area contributed by atoms with Crippen molar-refractivity contribution in [1.29, 1.82) is 5.26 Å². The molecule has 1 atom stereocenters. The van der Waals surface area contributed by atoms with Gasteiger partial charge in [0.25, 0.3) is 0 Å². The molecular weight excluding hydrogens is 280 g/mol. The summed E-state index contributed by atoms with van der Waals surface area (Å²) in [5.74, 6) is 0.735. The van der Waals surface area contributed by atoms with Gasteiger partial charge in [0.2, 0.25) is 0 Å². The molecule has 2 aromatic rings. The van der Waals surface area contributed by atoms with Gasteiger partial charge in [-0.1, -0.05) is 19.1 Å². The zero-order valence-corrected chi connectivity index (χ0v) is 13.2. The van der Waals surface area contributed by atoms with Crippen LogP contribution >= 0.6 is 11.3 Å². The van der Waals surface area contributed by atoms with E-state index >= 15 is 0 Å². The first-order chi connectivity index (χ1) is 10.2. The van der Waals surface area contributed by atoms with E-state index in [-0.39, 0.29) is 12.6 Å². The van der Waals surface area contributed by atoms with E-state index in [0.29, 0.717) is 0 Å². The Balaban J connectivity index is 1.91. The van der Waals surface area contributed by atoms with E-state index < -0.39 is 0 Å². The van der Waals surface area contributed by atoms with Crippen molar-refractivity contribution in [1.82, 2.24) is 5.32 Å². The molecule has 0 spiro atoms. The Kier molecular flexibility index (Phi) is 5.79. The molecule has 21 heavy (non-hydrogen) atoms. The fraction of sp³-hybridized carbons (Fsp3) is 0.353. The van der Waals surface area contributed by atoms with Crippen LogP contribution in [0.3, 0.4) is 0 Å². The predicted molar refractivity (Wildman–Crippen MR) is 86.5 cm³/mol. The summed E-state index contributed by atoms with van der Waals surface area (Å²) in [4.78, 5) is 1.42. The number of rotatable bonds is 7. The standard InChI is InChI=1S/C17H20N2OS/c1-3-14-8-11-21-17(14)12-19-13(2)15-4-6-16(7-5-15)20-10-9-18/h4-8,11,13,19H,3,10,12H2,1-2H3. The van der Waals surface area contributed by atoms with Crippen molar-refractivity contribution in [2.24, 2.45) is 0 Å². The van der Waals surface area contributed by atoms with Crippen LogP contribution in [0, 0.1) is 11.3 Å². The highest BCUT2D eigenvalue weighted by atomic mass is 32.1. The highest BCUT2D eigenvalue weighted by molar-refractivity contribution is 7.10. The van der Waals surface area contributed by atoms with Crippen molar-refractivity contribution < 1.29 is 4.74 Å². The first kappa shape index (κ1) is 15.6. The van der Waals surface area contributed by atoms with Gasteiger partial charge in [0.05, 0.1) is 0 Å². The maximum atomic E-state index is 8.49. The average molecular weight is 300 g/mol. The van der Waals surface area contributed by atoms with Crippen LogP contribution in [-0.4, -0.2) is 6.61 Å². The second-order valence-electron chi connectivity index (χ2n) is 4.84. The molecule has 3 nitrogen and oxygen atoms in total. The normalized spacial score (nSPS) is 11.9. The molecule has 0 amide bonds. The summed E-state index contributed by atoms with van der Waals surface area (Å²) in [6.45, 7) is 5.33. The van der Waals surface area contributed by atoms with Crippen molar-refractivity contribution in [3.8, 4) is 11.8 Å². The van der Waals surface area contributed by atoms with Gasteiger partial charge in [-0.05, 0) is 48.1 Å². The van der Waals surface area contributed by atoms with Gasteiger partial charge < -0.3 is 10.1 Å². The van der Waals surface area contributed by atoms with E-state index in [4.69, 9.17) is 10.00 Å². The molecule has 0 saturated heterocycles. The number of thiophene rings is 1. The molecule has 1 aromatic carbocycles. The Morgan fingerprint density at radius 3 is 2.71 bits per heavy atom. The predicted octanol–water partition coefficient (Wildman–Crippen LogP) is 4.06. The molecule has 110 valence electrons. The van der Waals surface area contributed by atoms with Gasteiger partial charge in [0.15, 0.2) is 6.61 Å². The van der Waals surface area contributed by atoms with Crippen LogP contribution in [0.25, 0.3) is 0 Å². The lowest BCUT2D eigenvalue weighted by atomic mass is 10.1. The summed E-state index contributed by atoms with van der Waals surface area (Å²) in [6.07, 6.45) is 1.08. The molecule has 1 heterocycles. The van der Waals surface area contributed by atoms with Gasteiger partial charge >= 0.3 is 0 Å². The number of nitriles is 1. The Labute approximate surface area is 130 Å². The molecule has 0 bridgehead atoms. The van der Waals surface area contributed by atoms with Crippen LogP contribution in [0.4, 0.5) is 0 Å². The second-order valence-corrected chi connectivity index (χ2v) is 5.84. The van der Waals surface area contributed by atoms with E-state index in [0.717, 1.165) is 18.7 Å². The van der Waals surface area contributed by atoms with Crippen molar-refractivity contribution >= 4 is 11.3 Å². The first-order valence-electron chi connectivity index (χ1n) is 7.13. The number of hydrogen-bond donors (Lipinski definition) is 1. The van der Waals surface area contributed by atoms with E-state index in [1.807, 2.05) is 41.7 Å². The Hall–Kier alpha value is -1.83. The van der Waals surface area contributed by atoms with Crippen LogP contribution in [0.1, 0.15) is 35.9 Å². The fourth-order valence-electron chi connectivity index (χ4n) is 2.17. The van der Waals surface area contributed by atoms with Gasteiger partial charge in [0.1, 0.15) is 11.8 Å². The summed E-state index contributed by atoms with van der Waals surface area (Å²) in [5, 5.41) is 14.2. The molecule has 4 heteroatoms. The van der Waals surface area contributed by atoms with Gasteiger partial charge in [-0.3, -0.25) is 0 Å². The molecule has 0 radical (unpaired) electrons. The third-order valence-corrected chi connectivity index (χ3v) is 4.43. The number of aryl methyl sites for hydroxylation is 1. The minimum atomic E-state index is 0.0886. The average Bonchev–Trinajstić information content (AvgIpc) is 2.98. The zero-order valence-electron chi connectivity index (χ0n) is 12.4. The molecule has 0 aliphatic rings. The van der Waals surface area contributed by atoms with Crippen LogP contribution in [0.2, 0.25) is 0 Å². The number of ether oxygens (including phenoxy) is 1. The number of hydrogen-bond acceptors (Lipinski definition) is 4. The van der Waals surface area contributed by atoms with Crippen LogP contribution in [0.15, 0.2) is 35.7 Å².